The highest BCUT2D eigenvalue weighted by atomic mass is 16.4. The van der Waals surface area contributed by atoms with E-state index in [2.05, 4.69) is 20.9 Å². The maximum atomic E-state index is 13.6. The van der Waals surface area contributed by atoms with Gasteiger partial charge in [-0.25, -0.2) is 4.79 Å². The van der Waals surface area contributed by atoms with E-state index in [1.54, 1.807) is 48.7 Å². The molecule has 0 spiro atoms. The van der Waals surface area contributed by atoms with Crippen LogP contribution in [0.25, 0.3) is 10.9 Å². The predicted octanol–water partition coefficient (Wildman–Crippen LogP) is 0.549. The third kappa shape index (κ3) is 9.94. The Kier molecular flexibility index (Phi) is 12.0. The highest BCUT2D eigenvalue weighted by Crippen LogP contribution is 2.19. The zero-order valence-corrected chi connectivity index (χ0v) is 23.7. The Morgan fingerprint density at radius 3 is 1.91 bits per heavy atom. The van der Waals surface area contributed by atoms with E-state index in [-0.39, 0.29) is 32.1 Å². The Bertz CT molecular complexity index is 1490. The third-order valence-corrected chi connectivity index (χ3v) is 6.92. The first kappa shape index (κ1) is 33.3. The average Bonchev–Trinajstić information content (AvgIpc) is 3.40. The van der Waals surface area contributed by atoms with E-state index < -0.39 is 66.2 Å². The van der Waals surface area contributed by atoms with Gasteiger partial charge in [0.2, 0.25) is 17.7 Å². The zero-order chi connectivity index (χ0) is 32.2. The van der Waals surface area contributed by atoms with E-state index >= 15 is 0 Å². The molecule has 4 atom stereocenters. The Balaban J connectivity index is 1.83. The van der Waals surface area contributed by atoms with Crippen LogP contribution in [0.4, 0.5) is 0 Å². The predicted molar refractivity (Wildman–Crippen MR) is 157 cm³/mol. The molecule has 9 N–H and O–H groups in total. The van der Waals surface area contributed by atoms with Crippen molar-refractivity contribution in [3.8, 4) is 0 Å². The standard InChI is InChI=1S/C30H35N5O9/c31-20(10-12-25(36)37)27(40)34-23(15-18-16-32-21-9-5-4-8-19(18)21)29(42)33-22(11-13-26(38)39)28(41)35-24(30(43)44)14-17-6-2-1-3-7-17/h1-9,16,20,22-24,32H,10-15,31H2,(H,33,42)(H,34,40)(H,35,41)(H,36,37)(H,38,39)(H,43,44). The Labute approximate surface area is 252 Å². The van der Waals surface area contributed by atoms with E-state index in [0.29, 0.717) is 11.1 Å². The number of hydrogen-bond acceptors (Lipinski definition) is 7. The van der Waals surface area contributed by atoms with Crippen molar-refractivity contribution >= 4 is 46.5 Å². The maximum absolute atomic E-state index is 13.6. The van der Waals surface area contributed by atoms with Crippen LogP contribution in [-0.4, -0.2) is 80.1 Å². The van der Waals surface area contributed by atoms with Crippen LogP contribution in [0.15, 0.2) is 60.8 Å². The fourth-order valence-electron chi connectivity index (χ4n) is 4.55. The van der Waals surface area contributed by atoms with E-state index in [0.717, 1.165) is 10.9 Å². The third-order valence-electron chi connectivity index (χ3n) is 6.92. The normalized spacial score (nSPS) is 13.7. The lowest BCUT2D eigenvalue weighted by molar-refractivity contribution is -0.143. The quantitative estimate of drug-likeness (QED) is 0.106. The summed E-state index contributed by atoms with van der Waals surface area (Å²) in [4.78, 5) is 76.9. The van der Waals surface area contributed by atoms with Crippen molar-refractivity contribution in [2.45, 2.75) is 62.7 Å². The minimum absolute atomic E-state index is 0.0605. The van der Waals surface area contributed by atoms with E-state index in [9.17, 15) is 39.0 Å². The van der Waals surface area contributed by atoms with Crippen LogP contribution in [0.3, 0.4) is 0 Å². The van der Waals surface area contributed by atoms with Crippen molar-refractivity contribution in [3.05, 3.63) is 71.9 Å². The number of carboxylic acid groups (broad SMARTS) is 3. The van der Waals surface area contributed by atoms with Crippen LogP contribution < -0.4 is 21.7 Å². The molecule has 0 aliphatic rings. The molecular weight excluding hydrogens is 574 g/mol. The van der Waals surface area contributed by atoms with Crippen LogP contribution >= 0.6 is 0 Å². The Morgan fingerprint density at radius 2 is 1.25 bits per heavy atom. The second-order valence-electron chi connectivity index (χ2n) is 10.2. The highest BCUT2D eigenvalue weighted by molar-refractivity contribution is 5.95. The molecule has 4 unspecified atom stereocenters. The van der Waals surface area contributed by atoms with Crippen LogP contribution in [0, 0.1) is 0 Å². The van der Waals surface area contributed by atoms with Crippen molar-refractivity contribution in [1.29, 1.82) is 0 Å². The van der Waals surface area contributed by atoms with E-state index in [1.165, 1.54) is 0 Å². The summed E-state index contributed by atoms with van der Waals surface area (Å²) in [6, 6.07) is 10.4. The van der Waals surface area contributed by atoms with Gasteiger partial charge in [-0.3, -0.25) is 24.0 Å². The molecule has 3 amide bonds. The summed E-state index contributed by atoms with van der Waals surface area (Å²) in [5, 5.41) is 36.0. The molecule has 0 aliphatic carbocycles. The SMILES string of the molecule is NC(CCC(=O)O)C(=O)NC(Cc1c[nH]c2ccccc12)C(=O)NC(CCC(=O)O)C(=O)NC(Cc1ccccc1)C(=O)O. The number of nitrogens with one attached hydrogen (secondary N) is 4. The number of carbonyl (C=O) groups is 6. The fraction of sp³-hybridized carbons (Fsp3) is 0.333. The van der Waals surface area contributed by atoms with Gasteiger partial charge in [0.1, 0.15) is 18.1 Å². The second kappa shape index (κ2) is 15.8. The second-order valence-corrected chi connectivity index (χ2v) is 10.2. The van der Waals surface area contributed by atoms with Gasteiger partial charge in [-0.1, -0.05) is 48.5 Å². The summed E-state index contributed by atoms with van der Waals surface area (Å²) in [5.74, 6) is -6.30. The van der Waals surface area contributed by atoms with Gasteiger partial charge >= 0.3 is 17.9 Å². The van der Waals surface area contributed by atoms with Crippen molar-refractivity contribution in [3.63, 3.8) is 0 Å². The molecule has 44 heavy (non-hydrogen) atoms. The number of benzene rings is 2. The lowest BCUT2D eigenvalue weighted by Gasteiger charge is -2.25. The molecule has 0 saturated carbocycles. The molecule has 3 aromatic rings. The fourth-order valence-corrected chi connectivity index (χ4v) is 4.55. The topological polar surface area (TPSA) is 241 Å². The van der Waals surface area contributed by atoms with Crippen LogP contribution in [-0.2, 0) is 41.6 Å². The van der Waals surface area contributed by atoms with Gasteiger partial charge in [-0.15, -0.1) is 0 Å². The first-order valence-corrected chi connectivity index (χ1v) is 13.9. The minimum atomic E-state index is -1.46. The number of hydrogen-bond donors (Lipinski definition) is 8. The van der Waals surface area contributed by atoms with E-state index in [4.69, 9.17) is 10.8 Å². The van der Waals surface area contributed by atoms with Gasteiger partial charge < -0.3 is 42.0 Å². The smallest absolute Gasteiger partial charge is 0.326 e. The van der Waals surface area contributed by atoms with Crippen LogP contribution in [0.5, 0.6) is 0 Å². The Hall–Kier alpha value is -5.24. The first-order valence-electron chi connectivity index (χ1n) is 13.9. The number of carbonyl (C=O) groups excluding carboxylic acids is 3. The molecule has 2 aromatic carbocycles. The molecule has 1 aromatic heterocycles. The number of carboxylic acids is 3. The molecule has 3 rings (SSSR count). The van der Waals surface area contributed by atoms with Gasteiger partial charge in [0, 0.05) is 42.8 Å². The number of aromatic amines is 1. The van der Waals surface area contributed by atoms with Crippen molar-refractivity contribution in [2.75, 3.05) is 0 Å². The van der Waals surface area contributed by atoms with Gasteiger partial charge in [-0.05, 0) is 30.0 Å². The summed E-state index contributed by atoms with van der Waals surface area (Å²) in [7, 11) is 0. The lowest BCUT2D eigenvalue weighted by atomic mass is 10.0. The summed E-state index contributed by atoms with van der Waals surface area (Å²) >= 11 is 0. The number of H-pyrrole nitrogens is 1. The largest absolute Gasteiger partial charge is 0.481 e. The van der Waals surface area contributed by atoms with Crippen LogP contribution in [0.1, 0.15) is 36.8 Å². The first-order chi connectivity index (χ1) is 20.9. The van der Waals surface area contributed by atoms with Crippen molar-refractivity contribution in [1.82, 2.24) is 20.9 Å². The van der Waals surface area contributed by atoms with Crippen molar-refractivity contribution < 1.29 is 44.1 Å². The summed E-state index contributed by atoms with van der Waals surface area (Å²) in [6.45, 7) is 0. The van der Waals surface area contributed by atoms with Gasteiger partial charge in [0.05, 0.1) is 6.04 Å². The molecule has 14 heteroatoms. The Morgan fingerprint density at radius 1 is 0.682 bits per heavy atom. The zero-order valence-electron chi connectivity index (χ0n) is 23.7. The summed E-state index contributed by atoms with van der Waals surface area (Å²) < 4.78 is 0. The molecule has 0 saturated heterocycles. The number of aliphatic carboxylic acids is 3. The number of nitrogens with two attached hydrogens (primary N) is 1. The molecule has 0 fully saturated rings. The molecule has 234 valence electrons. The van der Waals surface area contributed by atoms with Gasteiger partial charge in [-0.2, -0.15) is 0 Å². The number of amides is 3. The number of rotatable bonds is 17. The molecular formula is C30H35N5O9. The van der Waals surface area contributed by atoms with E-state index in [1.807, 2.05) is 12.1 Å². The minimum Gasteiger partial charge on any atom is -0.481 e. The van der Waals surface area contributed by atoms with Crippen molar-refractivity contribution in [2.24, 2.45) is 5.73 Å². The molecule has 0 bridgehead atoms. The molecule has 0 radical (unpaired) electrons. The lowest BCUT2D eigenvalue weighted by Crippen LogP contribution is -2.57. The summed E-state index contributed by atoms with van der Waals surface area (Å²) in [6.07, 6.45) is 0.0758. The average molecular weight is 610 g/mol. The van der Waals surface area contributed by atoms with Crippen LogP contribution in [0.2, 0.25) is 0 Å². The molecule has 0 aliphatic heterocycles. The number of aromatic nitrogens is 1. The molecule has 14 nitrogen and oxygen atoms in total. The number of fused-ring (bicyclic) bond motifs is 1. The summed E-state index contributed by atoms with van der Waals surface area (Å²) in [5.41, 5.74) is 7.89. The maximum Gasteiger partial charge on any atom is 0.326 e. The monoisotopic (exact) mass is 609 g/mol. The molecule has 1 heterocycles. The number of para-hydroxylation sites is 1. The van der Waals surface area contributed by atoms with Gasteiger partial charge in [0.15, 0.2) is 0 Å². The highest BCUT2D eigenvalue weighted by Gasteiger charge is 2.31. The van der Waals surface area contributed by atoms with Gasteiger partial charge in [0.25, 0.3) is 0 Å².